The van der Waals surface area contributed by atoms with Gasteiger partial charge in [-0.2, -0.15) is 0 Å². The Labute approximate surface area is 161 Å². The van der Waals surface area contributed by atoms with Gasteiger partial charge in [-0.25, -0.2) is 0 Å². The first kappa shape index (κ1) is 17.8. The Balaban J connectivity index is 0.00000182. The van der Waals surface area contributed by atoms with Gasteiger partial charge in [-0.1, -0.05) is 36.4 Å². The minimum Gasteiger partial charge on any atom is -0.578 e. The fraction of sp³-hybridized carbons (Fsp3) is 0.158. The molecular formula is C19H13BIrNO3-. The van der Waals surface area contributed by atoms with Crippen molar-refractivity contribution in [2.75, 3.05) is 13.2 Å². The summed E-state index contributed by atoms with van der Waals surface area (Å²) in [4.78, 5) is 4.66. The Bertz CT molecular complexity index is 899. The van der Waals surface area contributed by atoms with E-state index in [1.54, 1.807) is 0 Å². The predicted octanol–water partition coefficient (Wildman–Crippen LogP) is 3.19. The summed E-state index contributed by atoms with van der Waals surface area (Å²) in [5, 5.41) is 2.05. The molecule has 0 N–H and O–H groups in total. The first-order chi connectivity index (χ1) is 11.8. The van der Waals surface area contributed by atoms with E-state index < -0.39 is 0 Å². The molecule has 0 unspecified atom stereocenters. The summed E-state index contributed by atoms with van der Waals surface area (Å²) in [5.41, 5.74) is 2.26. The number of aromatic nitrogens is 1. The van der Waals surface area contributed by atoms with Crippen LogP contribution in [0.2, 0.25) is 0 Å². The van der Waals surface area contributed by atoms with Gasteiger partial charge in [0.2, 0.25) is 0 Å². The van der Waals surface area contributed by atoms with E-state index in [4.69, 9.17) is 29.1 Å². The van der Waals surface area contributed by atoms with E-state index in [1.165, 1.54) is 0 Å². The smallest absolute Gasteiger partial charge is 0.372 e. The van der Waals surface area contributed by atoms with Crippen LogP contribution in [0.3, 0.4) is 0 Å². The Kier molecular flexibility index (Phi) is 5.31. The van der Waals surface area contributed by atoms with Crippen molar-refractivity contribution < 1.29 is 34.2 Å². The molecule has 0 amide bonds. The molecule has 6 heteroatoms. The summed E-state index contributed by atoms with van der Waals surface area (Å²) in [7, 11) is 5.38. The summed E-state index contributed by atoms with van der Waals surface area (Å²) in [5.74, 6) is 1.33. The van der Waals surface area contributed by atoms with Gasteiger partial charge in [0, 0.05) is 25.8 Å². The van der Waals surface area contributed by atoms with Crippen molar-refractivity contribution in [3.05, 3.63) is 55.1 Å². The van der Waals surface area contributed by atoms with Crippen molar-refractivity contribution in [1.82, 2.24) is 4.98 Å². The number of fused-ring (bicyclic) bond motifs is 2. The Morgan fingerprint density at radius 3 is 2.80 bits per heavy atom. The molecule has 0 atom stereocenters. The molecular weight excluding hydrogens is 493 g/mol. The third kappa shape index (κ3) is 3.24. The SMILES string of the molecule is [B]Oc1[c-]c(-c2nc(C[CH])cc3ccccc23)cc2c1OCCO2.[Ir]. The van der Waals surface area contributed by atoms with Crippen LogP contribution < -0.4 is 14.1 Å². The van der Waals surface area contributed by atoms with Gasteiger partial charge in [-0.15, -0.1) is 5.56 Å². The van der Waals surface area contributed by atoms with Gasteiger partial charge in [-0.05, 0) is 35.9 Å². The molecule has 3 aromatic rings. The molecule has 4 rings (SSSR count). The Morgan fingerprint density at radius 1 is 1.20 bits per heavy atom. The molecule has 2 heterocycles. The fourth-order valence-corrected chi connectivity index (χ4v) is 2.84. The van der Waals surface area contributed by atoms with Crippen LogP contribution in [0.15, 0.2) is 36.4 Å². The summed E-state index contributed by atoms with van der Waals surface area (Å²) in [6, 6.07) is 14.9. The van der Waals surface area contributed by atoms with Crippen LogP contribution in [0, 0.1) is 13.0 Å². The maximum atomic E-state index is 5.79. The molecule has 1 aliphatic rings. The number of hydrogen-bond donors (Lipinski definition) is 0. The van der Waals surface area contributed by atoms with Crippen LogP contribution in [0.5, 0.6) is 17.2 Å². The standard InChI is InChI=1S/C19H13BNO3.Ir/c1-2-14-9-12-5-3-4-6-15(12)18(21-14)13-10-16-19(17(11-13)24-20)23-8-7-22-16;/h1,3-6,9-10H,2,7-8H2;/q-1;. The van der Waals surface area contributed by atoms with Crippen LogP contribution in [-0.4, -0.2) is 26.2 Å². The number of ether oxygens (including phenoxy) is 2. The van der Waals surface area contributed by atoms with E-state index in [2.05, 4.69) is 11.1 Å². The van der Waals surface area contributed by atoms with Gasteiger partial charge in [0.1, 0.15) is 19.0 Å². The van der Waals surface area contributed by atoms with Crippen LogP contribution in [-0.2, 0) is 26.5 Å². The number of nitrogens with zero attached hydrogens (tertiary/aromatic N) is 1. The van der Waals surface area contributed by atoms with Crippen molar-refractivity contribution in [3.63, 3.8) is 0 Å². The second-order valence-corrected chi connectivity index (χ2v) is 5.41. The van der Waals surface area contributed by atoms with E-state index >= 15 is 0 Å². The molecule has 0 saturated heterocycles. The molecule has 1 aromatic heterocycles. The van der Waals surface area contributed by atoms with Gasteiger partial charge in [0.15, 0.2) is 0 Å². The zero-order valence-electron chi connectivity index (χ0n) is 13.2. The summed E-state index contributed by atoms with van der Waals surface area (Å²) in [6.07, 6.45) is 0.350. The van der Waals surface area contributed by atoms with Crippen molar-refractivity contribution in [3.8, 4) is 28.5 Å². The van der Waals surface area contributed by atoms with E-state index in [0.29, 0.717) is 42.4 Å². The first-order valence-electron chi connectivity index (χ1n) is 7.62. The first-order valence-corrected chi connectivity index (χ1v) is 7.62. The van der Waals surface area contributed by atoms with Crippen molar-refractivity contribution in [1.29, 1.82) is 0 Å². The van der Waals surface area contributed by atoms with Gasteiger partial charge in [-0.3, -0.25) is 0 Å². The summed E-state index contributed by atoms with van der Waals surface area (Å²) < 4.78 is 16.2. The molecule has 4 nitrogen and oxygen atoms in total. The molecule has 25 heavy (non-hydrogen) atoms. The fourth-order valence-electron chi connectivity index (χ4n) is 2.84. The molecule has 0 saturated carbocycles. The van der Waals surface area contributed by atoms with Gasteiger partial charge in [0.25, 0.3) is 0 Å². The van der Waals surface area contributed by atoms with Crippen molar-refractivity contribution in [2.24, 2.45) is 0 Å². The van der Waals surface area contributed by atoms with E-state index in [-0.39, 0.29) is 20.1 Å². The largest absolute Gasteiger partial charge is 0.578 e. The number of hydrogen-bond acceptors (Lipinski definition) is 4. The minimum absolute atomic E-state index is 0. The molecule has 125 valence electrons. The molecule has 0 fully saturated rings. The monoisotopic (exact) mass is 507 g/mol. The van der Waals surface area contributed by atoms with Crippen LogP contribution >= 0.6 is 0 Å². The van der Waals surface area contributed by atoms with Crippen molar-refractivity contribution >= 4 is 18.8 Å². The van der Waals surface area contributed by atoms with Gasteiger partial charge >= 0.3 is 8.05 Å². The molecule has 0 bridgehead atoms. The average Bonchev–Trinajstić information content (AvgIpc) is 2.66. The maximum absolute atomic E-state index is 5.79. The summed E-state index contributed by atoms with van der Waals surface area (Å²) >= 11 is 0. The maximum Gasteiger partial charge on any atom is 0.372 e. The molecule has 5 radical (unpaired) electrons. The third-order valence-corrected chi connectivity index (χ3v) is 3.92. The Morgan fingerprint density at radius 2 is 2.00 bits per heavy atom. The molecule has 0 aliphatic carbocycles. The van der Waals surface area contributed by atoms with Gasteiger partial charge in [0.05, 0.1) is 11.5 Å². The quantitative estimate of drug-likeness (QED) is 0.405. The normalized spacial score (nSPS) is 12.5. The van der Waals surface area contributed by atoms with E-state index in [9.17, 15) is 0 Å². The average molecular weight is 506 g/mol. The van der Waals surface area contributed by atoms with Crippen LogP contribution in [0.25, 0.3) is 22.0 Å². The number of pyridine rings is 1. The molecule has 0 spiro atoms. The predicted molar refractivity (Wildman–Crippen MR) is 91.4 cm³/mol. The second-order valence-electron chi connectivity index (χ2n) is 5.41. The zero-order valence-corrected chi connectivity index (χ0v) is 15.6. The minimum atomic E-state index is 0. The third-order valence-electron chi connectivity index (χ3n) is 3.92. The molecule has 1 aliphatic heterocycles. The number of rotatable bonds is 3. The Hall–Kier alpha value is -2.04. The molecule has 2 aromatic carbocycles. The zero-order chi connectivity index (χ0) is 16.5. The summed E-state index contributed by atoms with van der Waals surface area (Å²) in [6.45, 7) is 6.71. The topological polar surface area (TPSA) is 40.6 Å². The van der Waals surface area contributed by atoms with Gasteiger partial charge < -0.3 is 19.1 Å². The van der Waals surface area contributed by atoms with Crippen LogP contribution in [0.4, 0.5) is 0 Å². The van der Waals surface area contributed by atoms with E-state index in [0.717, 1.165) is 22.2 Å². The number of benzene rings is 2. The van der Waals surface area contributed by atoms with Crippen LogP contribution in [0.1, 0.15) is 5.69 Å². The van der Waals surface area contributed by atoms with Crippen molar-refractivity contribution in [2.45, 2.75) is 6.42 Å². The van der Waals surface area contributed by atoms with E-state index in [1.807, 2.05) is 36.4 Å². The second kappa shape index (κ2) is 7.46.